The Morgan fingerprint density at radius 3 is 1.97 bits per heavy atom. The van der Waals surface area contributed by atoms with Crippen LogP contribution in [0, 0.1) is 23.0 Å². The summed E-state index contributed by atoms with van der Waals surface area (Å²) in [6.45, 7) is 0.249. The first kappa shape index (κ1) is 20.1. The molecule has 0 fully saturated rings. The molecule has 152 valence electrons. The van der Waals surface area contributed by atoms with Crippen molar-refractivity contribution >= 4 is 0 Å². The predicted molar refractivity (Wildman–Crippen MR) is 111 cm³/mol. The van der Waals surface area contributed by atoms with E-state index in [2.05, 4.69) is 15.0 Å². The lowest BCUT2D eigenvalue weighted by atomic mass is 10.0. The van der Waals surface area contributed by atoms with E-state index in [-0.39, 0.29) is 24.0 Å². The van der Waals surface area contributed by atoms with Crippen LogP contribution in [0.2, 0.25) is 0 Å². The van der Waals surface area contributed by atoms with Gasteiger partial charge in [0.1, 0.15) is 23.4 Å². The van der Waals surface area contributed by atoms with Crippen molar-refractivity contribution in [3.8, 4) is 34.5 Å². The third kappa shape index (κ3) is 4.70. The molecule has 2 aromatic carbocycles. The summed E-state index contributed by atoms with van der Waals surface area (Å²) in [5.74, 6) is -0.709. The molecule has 2 aromatic heterocycles. The van der Waals surface area contributed by atoms with Gasteiger partial charge in [-0.05, 0) is 60.7 Å². The number of benzene rings is 2. The highest BCUT2D eigenvalue weighted by atomic mass is 19.1. The monoisotopic (exact) mass is 414 g/mol. The van der Waals surface area contributed by atoms with E-state index in [1.807, 2.05) is 24.3 Å². The average molecular weight is 414 g/mol. The van der Waals surface area contributed by atoms with E-state index in [0.717, 1.165) is 5.69 Å². The maximum atomic E-state index is 13.4. The van der Waals surface area contributed by atoms with Gasteiger partial charge in [-0.3, -0.25) is 4.98 Å². The van der Waals surface area contributed by atoms with Gasteiger partial charge in [-0.15, -0.1) is 0 Å². The van der Waals surface area contributed by atoms with Crippen molar-refractivity contribution in [1.82, 2.24) is 15.0 Å². The third-order valence-corrected chi connectivity index (χ3v) is 4.53. The van der Waals surface area contributed by atoms with Crippen molar-refractivity contribution in [2.24, 2.45) is 0 Å². The Morgan fingerprint density at radius 1 is 0.806 bits per heavy atom. The fourth-order valence-electron chi connectivity index (χ4n) is 3.01. The van der Waals surface area contributed by atoms with Crippen LogP contribution in [0.1, 0.15) is 11.4 Å². The number of nitriles is 1. The first-order valence-electron chi connectivity index (χ1n) is 9.51. The zero-order valence-electron chi connectivity index (χ0n) is 16.3. The number of hydrogen-bond acceptors (Lipinski definition) is 5. The molecule has 31 heavy (non-hydrogen) atoms. The zero-order valence-corrected chi connectivity index (χ0v) is 16.3. The van der Waals surface area contributed by atoms with Crippen LogP contribution in [-0.4, -0.2) is 21.6 Å². The lowest BCUT2D eigenvalue weighted by molar-refractivity contribution is 0.306. The molecule has 0 bridgehead atoms. The Bertz CT molecular complexity index is 1220. The molecule has 0 aliphatic rings. The van der Waals surface area contributed by atoms with Gasteiger partial charge >= 0.3 is 0 Å². The van der Waals surface area contributed by atoms with E-state index in [9.17, 15) is 14.0 Å². The molecule has 0 radical (unpaired) electrons. The van der Waals surface area contributed by atoms with E-state index in [1.54, 1.807) is 30.5 Å². The van der Waals surface area contributed by atoms with Crippen LogP contribution in [0.3, 0.4) is 0 Å². The molecule has 0 saturated carbocycles. The highest BCUT2D eigenvalue weighted by Crippen LogP contribution is 2.32. The molecule has 0 amide bonds. The zero-order chi connectivity index (χ0) is 21.6. The molecule has 4 rings (SSSR count). The highest BCUT2D eigenvalue weighted by molar-refractivity contribution is 5.78. The molecule has 0 unspecified atom stereocenters. The third-order valence-electron chi connectivity index (χ3n) is 4.53. The maximum Gasteiger partial charge on any atom is 0.251 e. The minimum Gasteiger partial charge on any atom is -0.475 e. The highest BCUT2D eigenvalue weighted by Gasteiger charge is 2.18. The smallest absolute Gasteiger partial charge is 0.251 e. The van der Waals surface area contributed by atoms with Crippen molar-refractivity contribution in [1.29, 1.82) is 5.26 Å². The fraction of sp³-hybridized carbons (Fsp3) is 0.0833. The standard InChI is InChI=1S/C24H16F2N4O/c25-18-8-4-16(5-9-18)22-23(17-6-10-19(26)11-7-17)30-24(21(15-27)29-22)31-14-12-20-3-1-2-13-28-20/h1-11,13H,12,14H2. The molecule has 2 heterocycles. The van der Waals surface area contributed by atoms with Crippen molar-refractivity contribution in [3.63, 3.8) is 0 Å². The Balaban J connectivity index is 1.73. The van der Waals surface area contributed by atoms with Gasteiger partial charge in [-0.1, -0.05) is 6.07 Å². The largest absolute Gasteiger partial charge is 0.475 e. The molecule has 0 N–H and O–H groups in total. The molecule has 0 spiro atoms. The van der Waals surface area contributed by atoms with Crippen LogP contribution in [0.5, 0.6) is 5.88 Å². The lowest BCUT2D eigenvalue weighted by Gasteiger charge is -2.13. The minimum atomic E-state index is -0.393. The van der Waals surface area contributed by atoms with Crippen LogP contribution < -0.4 is 4.74 Å². The Kier molecular flexibility index (Phi) is 5.90. The van der Waals surface area contributed by atoms with Crippen LogP contribution in [-0.2, 0) is 6.42 Å². The van der Waals surface area contributed by atoms with Gasteiger partial charge in [-0.2, -0.15) is 5.26 Å². The molecule has 0 atom stereocenters. The number of pyridine rings is 1. The second-order valence-electron chi connectivity index (χ2n) is 6.62. The normalized spacial score (nSPS) is 10.5. The summed E-state index contributed by atoms with van der Waals surface area (Å²) < 4.78 is 32.6. The van der Waals surface area contributed by atoms with E-state index in [4.69, 9.17) is 4.74 Å². The molecule has 4 aromatic rings. The van der Waals surface area contributed by atoms with Gasteiger partial charge < -0.3 is 4.74 Å². The molecule has 7 heteroatoms. The van der Waals surface area contributed by atoms with E-state index in [1.165, 1.54) is 24.3 Å². The number of nitrogens with zero attached hydrogens (tertiary/aromatic N) is 4. The summed E-state index contributed by atoms with van der Waals surface area (Å²) in [6, 6.07) is 19.0. The van der Waals surface area contributed by atoms with Gasteiger partial charge in [0.05, 0.1) is 12.3 Å². The summed E-state index contributed by atoms with van der Waals surface area (Å²) in [5, 5.41) is 9.59. The van der Waals surface area contributed by atoms with Crippen LogP contribution in [0.15, 0.2) is 72.9 Å². The number of rotatable bonds is 6. The quantitative estimate of drug-likeness (QED) is 0.445. The predicted octanol–water partition coefficient (Wildman–Crippen LogP) is 4.98. The number of aromatic nitrogens is 3. The number of hydrogen-bond donors (Lipinski definition) is 0. The molecule has 0 saturated heterocycles. The molecule has 0 aliphatic carbocycles. The average Bonchev–Trinajstić information content (AvgIpc) is 2.80. The Morgan fingerprint density at radius 2 is 1.42 bits per heavy atom. The van der Waals surface area contributed by atoms with E-state index >= 15 is 0 Å². The van der Waals surface area contributed by atoms with E-state index < -0.39 is 5.82 Å². The molecular formula is C24H16F2N4O. The first-order valence-corrected chi connectivity index (χ1v) is 9.51. The van der Waals surface area contributed by atoms with Crippen molar-refractivity contribution < 1.29 is 13.5 Å². The Hall–Kier alpha value is -4.18. The van der Waals surface area contributed by atoms with Crippen LogP contribution >= 0.6 is 0 Å². The summed E-state index contributed by atoms with van der Waals surface area (Å²) >= 11 is 0. The van der Waals surface area contributed by atoms with Gasteiger partial charge in [0.15, 0.2) is 0 Å². The van der Waals surface area contributed by atoms with Gasteiger partial charge in [-0.25, -0.2) is 18.7 Å². The molecule has 5 nitrogen and oxygen atoms in total. The maximum absolute atomic E-state index is 13.4. The second-order valence-corrected chi connectivity index (χ2v) is 6.62. The first-order chi connectivity index (χ1) is 15.1. The van der Waals surface area contributed by atoms with Crippen LogP contribution in [0.25, 0.3) is 22.5 Å². The number of halogens is 2. The van der Waals surface area contributed by atoms with E-state index in [0.29, 0.717) is 28.9 Å². The van der Waals surface area contributed by atoms with Crippen LogP contribution in [0.4, 0.5) is 8.78 Å². The lowest BCUT2D eigenvalue weighted by Crippen LogP contribution is -2.08. The van der Waals surface area contributed by atoms with Gasteiger partial charge in [0.25, 0.3) is 5.88 Å². The summed E-state index contributed by atoms with van der Waals surface area (Å²) in [5.41, 5.74) is 2.79. The minimum absolute atomic E-state index is 0.00575. The van der Waals surface area contributed by atoms with Gasteiger partial charge in [0.2, 0.25) is 5.69 Å². The topological polar surface area (TPSA) is 71.7 Å². The second kappa shape index (κ2) is 9.09. The summed E-state index contributed by atoms with van der Waals surface area (Å²) in [7, 11) is 0. The SMILES string of the molecule is N#Cc1nc(-c2ccc(F)cc2)c(-c2ccc(F)cc2)nc1OCCc1ccccn1. The molecule has 0 aliphatic heterocycles. The number of ether oxygens (including phenoxy) is 1. The van der Waals surface area contributed by atoms with Crippen molar-refractivity contribution in [3.05, 3.63) is 95.9 Å². The van der Waals surface area contributed by atoms with Crippen molar-refractivity contribution in [2.45, 2.75) is 6.42 Å². The summed E-state index contributed by atoms with van der Waals surface area (Å²) in [4.78, 5) is 13.2. The fourth-order valence-corrected chi connectivity index (χ4v) is 3.01. The molecular weight excluding hydrogens is 398 g/mol. The van der Waals surface area contributed by atoms with Gasteiger partial charge in [0, 0.05) is 29.4 Å². The Labute approximate surface area is 177 Å². The summed E-state index contributed by atoms with van der Waals surface area (Å²) in [6.07, 6.45) is 2.22. The van der Waals surface area contributed by atoms with Crippen molar-refractivity contribution in [2.75, 3.05) is 6.61 Å².